The molecule has 0 fully saturated rings. The number of hydrogen-bond acceptors (Lipinski definition) is 5. The minimum atomic E-state index is -0.593. The van der Waals surface area contributed by atoms with Crippen LogP contribution < -0.4 is 5.32 Å². The number of phenolic OH excluding ortho intramolecular Hbond substituents is 1. The molecule has 0 spiro atoms. The number of non-ortho nitro benzene ring substituents is 1. The fourth-order valence-electron chi connectivity index (χ4n) is 1.75. The molecule has 0 saturated heterocycles. The molecule has 0 aliphatic carbocycles. The van der Waals surface area contributed by atoms with Crippen molar-refractivity contribution in [3.05, 3.63) is 58.4 Å². The van der Waals surface area contributed by atoms with Gasteiger partial charge in [-0.25, -0.2) is 0 Å². The van der Waals surface area contributed by atoms with E-state index in [9.17, 15) is 20.0 Å². The van der Waals surface area contributed by atoms with Crippen LogP contribution in [0.4, 0.5) is 11.4 Å². The topological polar surface area (TPSA) is 105 Å². The molecule has 2 N–H and O–H groups in total. The monoisotopic (exact) mass is 287 g/mol. The zero-order chi connectivity index (χ0) is 15.2. The molecular weight excluding hydrogens is 274 g/mol. The number of hydrogen-bond donors (Lipinski definition) is 2. The Bertz CT molecular complexity index is 659. The first kappa shape index (κ1) is 14.4. The summed E-state index contributed by atoms with van der Waals surface area (Å²) in [5.41, 5.74) is 0.742. The fourth-order valence-corrected chi connectivity index (χ4v) is 1.75. The minimum Gasteiger partial charge on any atom is -0.506 e. The molecule has 108 valence electrons. The molecule has 1 aromatic carbocycles. The second kappa shape index (κ2) is 6.47. The van der Waals surface area contributed by atoms with Crippen molar-refractivity contribution in [1.82, 2.24) is 4.98 Å². The van der Waals surface area contributed by atoms with E-state index in [1.54, 1.807) is 18.5 Å². The number of nitrogens with zero attached hydrogens (tertiary/aromatic N) is 2. The zero-order valence-corrected chi connectivity index (χ0v) is 11.0. The number of nitrogens with one attached hydrogen (secondary N) is 1. The summed E-state index contributed by atoms with van der Waals surface area (Å²) in [5, 5.41) is 22.7. The van der Waals surface area contributed by atoms with Crippen molar-refractivity contribution in [3.8, 4) is 5.75 Å². The molecule has 0 aliphatic heterocycles. The van der Waals surface area contributed by atoms with Gasteiger partial charge in [0.1, 0.15) is 5.75 Å². The van der Waals surface area contributed by atoms with Crippen molar-refractivity contribution in [2.45, 2.75) is 12.8 Å². The second-order valence-corrected chi connectivity index (χ2v) is 4.37. The number of anilines is 1. The number of carbonyl (C=O) groups excluding carboxylic acids is 1. The Labute approximate surface area is 120 Å². The zero-order valence-electron chi connectivity index (χ0n) is 11.0. The first-order valence-electron chi connectivity index (χ1n) is 6.22. The van der Waals surface area contributed by atoms with Crippen LogP contribution in [0, 0.1) is 10.1 Å². The van der Waals surface area contributed by atoms with Crippen molar-refractivity contribution in [1.29, 1.82) is 0 Å². The van der Waals surface area contributed by atoms with E-state index in [1.165, 1.54) is 12.1 Å². The maximum Gasteiger partial charge on any atom is 0.271 e. The highest BCUT2D eigenvalue weighted by Crippen LogP contribution is 2.27. The molecule has 7 nitrogen and oxygen atoms in total. The largest absolute Gasteiger partial charge is 0.506 e. The molecule has 21 heavy (non-hydrogen) atoms. The lowest BCUT2D eigenvalue weighted by Gasteiger charge is -2.07. The van der Waals surface area contributed by atoms with Crippen molar-refractivity contribution in [2.24, 2.45) is 0 Å². The number of amides is 1. The SMILES string of the molecule is O=C(CCc1cccnc1)Nc1cc([N+](=O)[O-])ccc1O. The molecule has 0 aliphatic rings. The number of rotatable bonds is 5. The predicted molar refractivity (Wildman–Crippen MR) is 75.9 cm³/mol. The number of aromatic nitrogens is 1. The van der Waals surface area contributed by atoms with Crippen LogP contribution in [-0.4, -0.2) is 20.9 Å². The lowest BCUT2D eigenvalue weighted by atomic mass is 10.1. The van der Waals surface area contributed by atoms with Crippen LogP contribution in [0.1, 0.15) is 12.0 Å². The van der Waals surface area contributed by atoms with Crippen molar-refractivity contribution >= 4 is 17.3 Å². The highest BCUT2D eigenvalue weighted by Gasteiger charge is 2.12. The molecule has 2 rings (SSSR count). The molecule has 1 amide bonds. The maximum atomic E-state index is 11.8. The smallest absolute Gasteiger partial charge is 0.271 e. The summed E-state index contributed by atoms with van der Waals surface area (Å²) in [6, 6.07) is 7.09. The summed E-state index contributed by atoms with van der Waals surface area (Å²) in [6.07, 6.45) is 3.99. The van der Waals surface area contributed by atoms with Crippen molar-refractivity contribution in [2.75, 3.05) is 5.32 Å². The van der Waals surface area contributed by atoms with Crippen LogP contribution in [0.5, 0.6) is 5.75 Å². The molecule has 0 radical (unpaired) electrons. The van der Waals surface area contributed by atoms with E-state index in [4.69, 9.17) is 0 Å². The quantitative estimate of drug-likeness (QED) is 0.498. The number of nitro benzene ring substituents is 1. The van der Waals surface area contributed by atoms with E-state index in [0.717, 1.165) is 11.6 Å². The first-order chi connectivity index (χ1) is 10.1. The van der Waals surface area contributed by atoms with E-state index in [2.05, 4.69) is 10.3 Å². The van der Waals surface area contributed by atoms with Gasteiger partial charge in [0.25, 0.3) is 5.69 Å². The Balaban J connectivity index is 1.99. The highest BCUT2D eigenvalue weighted by atomic mass is 16.6. The summed E-state index contributed by atoms with van der Waals surface area (Å²) < 4.78 is 0. The number of pyridine rings is 1. The van der Waals surface area contributed by atoms with Crippen LogP contribution in [0.15, 0.2) is 42.7 Å². The first-order valence-corrected chi connectivity index (χ1v) is 6.22. The van der Waals surface area contributed by atoms with E-state index in [0.29, 0.717) is 6.42 Å². The second-order valence-electron chi connectivity index (χ2n) is 4.37. The highest BCUT2D eigenvalue weighted by molar-refractivity contribution is 5.92. The van der Waals surface area contributed by atoms with Crippen molar-refractivity contribution < 1.29 is 14.8 Å². The van der Waals surface area contributed by atoms with Gasteiger partial charge in [0.15, 0.2) is 0 Å². The Morgan fingerprint density at radius 3 is 2.86 bits per heavy atom. The number of aryl methyl sites for hydroxylation is 1. The molecule has 0 unspecified atom stereocenters. The lowest BCUT2D eigenvalue weighted by molar-refractivity contribution is -0.384. The van der Waals surface area contributed by atoms with Crippen LogP contribution in [0.2, 0.25) is 0 Å². The molecular formula is C14H13N3O4. The van der Waals surface area contributed by atoms with Crippen LogP contribution in [0.3, 0.4) is 0 Å². The number of aromatic hydroxyl groups is 1. The Morgan fingerprint density at radius 1 is 1.38 bits per heavy atom. The van der Waals surface area contributed by atoms with Crippen LogP contribution >= 0.6 is 0 Å². The van der Waals surface area contributed by atoms with E-state index < -0.39 is 4.92 Å². The van der Waals surface area contributed by atoms with Crippen LogP contribution in [0.25, 0.3) is 0 Å². The maximum absolute atomic E-state index is 11.8. The van der Waals surface area contributed by atoms with E-state index in [1.807, 2.05) is 6.07 Å². The molecule has 1 aromatic heterocycles. The van der Waals surface area contributed by atoms with Gasteiger partial charge in [0.2, 0.25) is 5.91 Å². The number of carbonyl (C=O) groups is 1. The van der Waals surface area contributed by atoms with Gasteiger partial charge in [-0.3, -0.25) is 19.9 Å². The number of benzene rings is 1. The fraction of sp³-hybridized carbons (Fsp3) is 0.143. The van der Waals surface area contributed by atoms with Gasteiger partial charge in [-0.2, -0.15) is 0 Å². The third-order valence-electron chi connectivity index (χ3n) is 2.83. The van der Waals surface area contributed by atoms with E-state index >= 15 is 0 Å². The molecule has 0 saturated carbocycles. The van der Waals surface area contributed by atoms with E-state index in [-0.39, 0.29) is 29.5 Å². The van der Waals surface area contributed by atoms with Gasteiger partial charge in [-0.05, 0) is 24.1 Å². The number of nitro groups is 1. The molecule has 1 heterocycles. The molecule has 7 heteroatoms. The normalized spacial score (nSPS) is 10.1. The molecule has 2 aromatic rings. The third kappa shape index (κ3) is 4.00. The van der Waals surface area contributed by atoms with Gasteiger partial charge < -0.3 is 10.4 Å². The summed E-state index contributed by atoms with van der Waals surface area (Å²) in [5.74, 6) is -0.551. The average Bonchev–Trinajstić information content (AvgIpc) is 2.48. The summed E-state index contributed by atoms with van der Waals surface area (Å²) >= 11 is 0. The Morgan fingerprint density at radius 2 is 2.19 bits per heavy atom. The molecule has 0 bridgehead atoms. The van der Waals surface area contributed by atoms with Gasteiger partial charge >= 0.3 is 0 Å². The van der Waals surface area contributed by atoms with Crippen LogP contribution in [-0.2, 0) is 11.2 Å². The number of phenols is 1. The summed E-state index contributed by atoms with van der Waals surface area (Å²) in [6.45, 7) is 0. The minimum absolute atomic E-state index is 0.0281. The van der Waals surface area contributed by atoms with Gasteiger partial charge in [-0.1, -0.05) is 6.07 Å². The average molecular weight is 287 g/mol. The predicted octanol–water partition coefficient (Wildman–Crippen LogP) is 2.27. The van der Waals surface area contributed by atoms with Gasteiger partial charge in [0, 0.05) is 30.9 Å². The Kier molecular flexibility index (Phi) is 4.45. The van der Waals surface area contributed by atoms with Gasteiger partial charge in [0.05, 0.1) is 10.6 Å². The third-order valence-corrected chi connectivity index (χ3v) is 2.83. The molecule has 0 atom stereocenters. The van der Waals surface area contributed by atoms with Gasteiger partial charge in [-0.15, -0.1) is 0 Å². The summed E-state index contributed by atoms with van der Waals surface area (Å²) in [4.78, 5) is 25.8. The lowest BCUT2D eigenvalue weighted by Crippen LogP contribution is -2.12. The van der Waals surface area contributed by atoms with Crippen molar-refractivity contribution in [3.63, 3.8) is 0 Å². The summed E-state index contributed by atoms with van der Waals surface area (Å²) in [7, 11) is 0. The standard InChI is InChI=1S/C14H13N3O4/c18-13-5-4-11(17(20)21)8-12(13)16-14(19)6-3-10-2-1-7-15-9-10/h1-2,4-5,7-9,18H,3,6H2,(H,16,19). The Hall–Kier alpha value is -2.96.